The fraction of sp³-hybridized carbons (Fsp3) is 0.500. The first-order valence-electron chi connectivity index (χ1n) is 10.9. The maximum Gasteiger partial charge on any atom is 0.320 e. The van der Waals surface area contributed by atoms with Gasteiger partial charge in [0.15, 0.2) is 0 Å². The van der Waals surface area contributed by atoms with E-state index in [0.717, 1.165) is 31.4 Å². The molecule has 0 radical (unpaired) electrons. The van der Waals surface area contributed by atoms with Crippen molar-refractivity contribution in [2.24, 2.45) is 0 Å². The number of rotatable bonds is 5. The van der Waals surface area contributed by atoms with Gasteiger partial charge >= 0.3 is 6.03 Å². The van der Waals surface area contributed by atoms with Crippen LogP contribution in [-0.4, -0.2) is 73.1 Å². The van der Waals surface area contributed by atoms with Crippen LogP contribution in [0.2, 0.25) is 0 Å². The Morgan fingerprint density at radius 1 is 1.19 bits per heavy atom. The Kier molecular flexibility index (Phi) is 6.62. The standard InChI is InChI=1S/C24H31N3O3S/c1-17-7-4-5-9-19(17)23-20-11-14-31-21(20)10-12-27(23)22(28)16-26(24(29)25(2)3)15-18-8-6-13-30-18/h4-5,7,9,11,14,18,23H,6,8,10,12-13,15-16H2,1-3H3. The van der Waals surface area contributed by atoms with Gasteiger partial charge in [-0.1, -0.05) is 24.3 Å². The highest BCUT2D eigenvalue weighted by Gasteiger charge is 2.35. The topological polar surface area (TPSA) is 53.1 Å². The van der Waals surface area contributed by atoms with Crippen LogP contribution in [0, 0.1) is 6.92 Å². The monoisotopic (exact) mass is 441 g/mol. The van der Waals surface area contributed by atoms with Gasteiger partial charge in [-0.25, -0.2) is 4.79 Å². The lowest BCUT2D eigenvalue weighted by molar-refractivity contribution is -0.134. The maximum absolute atomic E-state index is 13.6. The summed E-state index contributed by atoms with van der Waals surface area (Å²) in [6, 6.07) is 10.2. The Morgan fingerprint density at radius 3 is 2.71 bits per heavy atom. The third kappa shape index (κ3) is 4.62. The van der Waals surface area contributed by atoms with Crippen molar-refractivity contribution >= 4 is 23.3 Å². The SMILES string of the molecule is Cc1ccccc1C1c2ccsc2CCN1C(=O)CN(CC1CCCO1)C(=O)N(C)C. The molecular formula is C24H31N3O3S. The summed E-state index contributed by atoms with van der Waals surface area (Å²) in [6.07, 6.45) is 2.80. The molecule has 3 heterocycles. The van der Waals surface area contributed by atoms with Gasteiger partial charge in [-0.15, -0.1) is 11.3 Å². The average molecular weight is 442 g/mol. The van der Waals surface area contributed by atoms with E-state index in [1.54, 1.807) is 30.3 Å². The molecule has 1 saturated heterocycles. The molecule has 3 amide bonds. The summed E-state index contributed by atoms with van der Waals surface area (Å²) in [5.41, 5.74) is 3.54. The molecule has 2 aliphatic rings. The van der Waals surface area contributed by atoms with Gasteiger partial charge in [0.05, 0.1) is 12.1 Å². The number of aryl methyl sites for hydroxylation is 1. The molecule has 0 bridgehead atoms. The van der Waals surface area contributed by atoms with Crippen LogP contribution in [0.15, 0.2) is 35.7 Å². The summed E-state index contributed by atoms with van der Waals surface area (Å²) in [4.78, 5) is 32.9. The number of carbonyl (C=O) groups excluding carboxylic acids is 2. The Hall–Kier alpha value is -2.38. The van der Waals surface area contributed by atoms with Gasteiger partial charge in [0.1, 0.15) is 6.54 Å². The van der Waals surface area contributed by atoms with Crippen LogP contribution in [0.5, 0.6) is 0 Å². The van der Waals surface area contributed by atoms with Gasteiger partial charge in [-0.05, 0) is 54.3 Å². The van der Waals surface area contributed by atoms with Crippen molar-refractivity contribution in [2.75, 3.05) is 40.3 Å². The summed E-state index contributed by atoms with van der Waals surface area (Å²) in [6.45, 7) is 4.01. The van der Waals surface area contributed by atoms with Crippen molar-refractivity contribution in [1.82, 2.24) is 14.7 Å². The molecule has 1 aromatic carbocycles. The molecule has 0 N–H and O–H groups in total. The summed E-state index contributed by atoms with van der Waals surface area (Å²) in [5, 5.41) is 2.11. The first-order valence-corrected chi connectivity index (χ1v) is 11.8. The molecule has 2 atom stereocenters. The first kappa shape index (κ1) is 21.8. The minimum absolute atomic E-state index is 0.00805. The largest absolute Gasteiger partial charge is 0.376 e. The quantitative estimate of drug-likeness (QED) is 0.711. The highest BCUT2D eigenvalue weighted by Crippen LogP contribution is 2.39. The van der Waals surface area contributed by atoms with E-state index in [1.165, 1.54) is 20.9 Å². The Morgan fingerprint density at radius 2 is 2.00 bits per heavy atom. The van der Waals surface area contributed by atoms with E-state index >= 15 is 0 Å². The van der Waals surface area contributed by atoms with Gasteiger partial charge in [0.2, 0.25) is 5.91 Å². The Labute approximate surface area is 188 Å². The second-order valence-corrected chi connectivity index (χ2v) is 9.59. The molecule has 2 unspecified atom stereocenters. The first-order chi connectivity index (χ1) is 15.0. The molecule has 1 aromatic heterocycles. The van der Waals surface area contributed by atoms with E-state index in [2.05, 4.69) is 30.5 Å². The fourth-order valence-corrected chi connectivity index (χ4v) is 5.50. The zero-order valence-electron chi connectivity index (χ0n) is 18.5. The van der Waals surface area contributed by atoms with E-state index in [1.807, 2.05) is 17.0 Å². The zero-order valence-corrected chi connectivity index (χ0v) is 19.4. The predicted octanol–water partition coefficient (Wildman–Crippen LogP) is 3.69. The molecule has 1 fully saturated rings. The summed E-state index contributed by atoms with van der Waals surface area (Å²) < 4.78 is 5.75. The van der Waals surface area contributed by atoms with Crippen molar-refractivity contribution in [2.45, 2.75) is 38.3 Å². The van der Waals surface area contributed by atoms with Crippen LogP contribution in [0.25, 0.3) is 0 Å². The molecule has 0 spiro atoms. The molecule has 31 heavy (non-hydrogen) atoms. The highest BCUT2D eigenvalue weighted by atomic mass is 32.1. The van der Waals surface area contributed by atoms with Crippen molar-refractivity contribution in [1.29, 1.82) is 0 Å². The van der Waals surface area contributed by atoms with E-state index < -0.39 is 0 Å². The summed E-state index contributed by atoms with van der Waals surface area (Å²) in [7, 11) is 3.45. The minimum Gasteiger partial charge on any atom is -0.376 e. The highest BCUT2D eigenvalue weighted by molar-refractivity contribution is 7.10. The van der Waals surface area contributed by atoms with Gasteiger partial charge in [-0.3, -0.25) is 4.79 Å². The number of nitrogens with zero attached hydrogens (tertiary/aromatic N) is 3. The summed E-state index contributed by atoms with van der Waals surface area (Å²) in [5.74, 6) is -0.0155. The van der Waals surface area contributed by atoms with Gasteiger partial charge in [0, 0.05) is 38.7 Å². The lowest BCUT2D eigenvalue weighted by atomic mass is 9.90. The fourth-order valence-electron chi connectivity index (χ4n) is 4.60. The van der Waals surface area contributed by atoms with Crippen LogP contribution < -0.4 is 0 Å². The van der Waals surface area contributed by atoms with Crippen molar-refractivity contribution < 1.29 is 14.3 Å². The van der Waals surface area contributed by atoms with Gasteiger partial charge in [0.25, 0.3) is 0 Å². The predicted molar refractivity (Wildman–Crippen MR) is 122 cm³/mol. The van der Waals surface area contributed by atoms with Crippen LogP contribution in [-0.2, 0) is 16.0 Å². The minimum atomic E-state index is -0.149. The third-order valence-electron chi connectivity index (χ3n) is 6.20. The number of amides is 3. The smallest absolute Gasteiger partial charge is 0.320 e. The number of benzene rings is 1. The molecule has 7 heteroatoms. The molecule has 4 rings (SSSR count). The molecular weight excluding hydrogens is 410 g/mol. The number of ether oxygens (including phenoxy) is 1. The van der Waals surface area contributed by atoms with E-state index in [-0.39, 0.29) is 30.6 Å². The van der Waals surface area contributed by atoms with Crippen LogP contribution >= 0.6 is 11.3 Å². The van der Waals surface area contributed by atoms with Crippen molar-refractivity contribution in [3.63, 3.8) is 0 Å². The second kappa shape index (κ2) is 9.40. The van der Waals surface area contributed by atoms with E-state index in [4.69, 9.17) is 4.74 Å². The lowest BCUT2D eigenvalue weighted by Crippen LogP contribution is -2.50. The Balaban J connectivity index is 1.60. The molecule has 0 aliphatic carbocycles. The lowest BCUT2D eigenvalue weighted by Gasteiger charge is -2.38. The second-order valence-electron chi connectivity index (χ2n) is 8.59. The third-order valence-corrected chi connectivity index (χ3v) is 7.19. The molecule has 2 aliphatic heterocycles. The van der Waals surface area contributed by atoms with E-state index in [9.17, 15) is 9.59 Å². The van der Waals surface area contributed by atoms with Crippen LogP contribution in [0.1, 0.15) is 40.5 Å². The molecule has 2 aromatic rings. The number of urea groups is 1. The molecule has 6 nitrogen and oxygen atoms in total. The molecule has 166 valence electrons. The van der Waals surface area contributed by atoms with Crippen LogP contribution in [0.4, 0.5) is 4.79 Å². The van der Waals surface area contributed by atoms with Crippen LogP contribution in [0.3, 0.4) is 0 Å². The number of carbonyl (C=O) groups is 2. The average Bonchev–Trinajstić information content (AvgIpc) is 3.44. The maximum atomic E-state index is 13.6. The number of hydrogen-bond donors (Lipinski definition) is 0. The number of fused-ring (bicyclic) bond motifs is 1. The van der Waals surface area contributed by atoms with Crippen molar-refractivity contribution in [3.05, 3.63) is 57.3 Å². The normalized spacial score (nSPS) is 20.4. The van der Waals surface area contributed by atoms with E-state index in [0.29, 0.717) is 13.1 Å². The molecule has 0 saturated carbocycles. The number of thiophene rings is 1. The number of hydrogen-bond acceptors (Lipinski definition) is 4. The summed E-state index contributed by atoms with van der Waals surface area (Å²) >= 11 is 1.76. The van der Waals surface area contributed by atoms with Crippen molar-refractivity contribution in [3.8, 4) is 0 Å². The van der Waals surface area contributed by atoms with Gasteiger partial charge < -0.3 is 19.4 Å². The Bertz CT molecular complexity index is 936. The van der Waals surface area contributed by atoms with Gasteiger partial charge in [-0.2, -0.15) is 0 Å². The zero-order chi connectivity index (χ0) is 22.0.